The normalized spacial score (nSPS) is 28.0. The van der Waals surface area contributed by atoms with Crippen LogP contribution in [0.25, 0.3) is 11.2 Å². The molecule has 1 aliphatic heterocycles. The number of aromatic nitrogens is 4. The van der Waals surface area contributed by atoms with Gasteiger partial charge in [-0.25, -0.2) is 15.0 Å². The van der Waals surface area contributed by atoms with E-state index in [-0.39, 0.29) is 0 Å². The van der Waals surface area contributed by atoms with Crippen LogP contribution in [0.15, 0.2) is 12.7 Å². The standard InChI is InChI=1S/C10H13N5O3/c1-17-6-2-5(16)10(18-6)15-4-14-7-8(11)12-3-13-9(7)15/h3-6,10,16H,2H2,1H3,(H2,11,12,13)/t5?,6-,10+/m0/s1. The van der Waals surface area contributed by atoms with E-state index in [4.69, 9.17) is 15.2 Å². The molecule has 8 heteroatoms. The number of anilines is 1. The molecule has 18 heavy (non-hydrogen) atoms. The van der Waals surface area contributed by atoms with Crippen molar-refractivity contribution in [3.8, 4) is 0 Å². The van der Waals surface area contributed by atoms with Crippen molar-refractivity contribution in [1.29, 1.82) is 0 Å². The van der Waals surface area contributed by atoms with E-state index in [1.807, 2.05) is 0 Å². The van der Waals surface area contributed by atoms with E-state index in [0.29, 0.717) is 23.4 Å². The Balaban J connectivity index is 2.02. The minimum absolute atomic E-state index is 0.300. The molecule has 8 nitrogen and oxygen atoms in total. The Labute approximate surface area is 102 Å². The van der Waals surface area contributed by atoms with E-state index in [1.165, 1.54) is 19.8 Å². The quantitative estimate of drug-likeness (QED) is 0.751. The maximum atomic E-state index is 9.96. The second kappa shape index (κ2) is 4.16. The second-order valence-corrected chi connectivity index (χ2v) is 4.08. The smallest absolute Gasteiger partial charge is 0.167 e. The highest BCUT2D eigenvalue weighted by molar-refractivity contribution is 5.81. The number of aliphatic hydroxyl groups is 1. The molecule has 2 aromatic rings. The van der Waals surface area contributed by atoms with Crippen LogP contribution >= 0.6 is 0 Å². The van der Waals surface area contributed by atoms with Crippen molar-refractivity contribution in [1.82, 2.24) is 19.5 Å². The summed E-state index contributed by atoms with van der Waals surface area (Å²) < 4.78 is 12.3. The lowest BCUT2D eigenvalue weighted by molar-refractivity contribution is -0.138. The highest BCUT2D eigenvalue weighted by Crippen LogP contribution is 2.31. The van der Waals surface area contributed by atoms with Gasteiger partial charge in [0.2, 0.25) is 0 Å². The highest BCUT2D eigenvalue weighted by atomic mass is 16.7. The van der Waals surface area contributed by atoms with E-state index in [2.05, 4.69) is 15.0 Å². The lowest BCUT2D eigenvalue weighted by atomic mass is 10.2. The average Bonchev–Trinajstić information content (AvgIpc) is 2.93. The van der Waals surface area contributed by atoms with Crippen molar-refractivity contribution in [3.63, 3.8) is 0 Å². The van der Waals surface area contributed by atoms with Crippen LogP contribution in [0, 0.1) is 0 Å². The molecule has 1 fully saturated rings. The topological polar surface area (TPSA) is 108 Å². The SMILES string of the molecule is CO[C@@H]1CC(O)[C@H](n2cnc3c(N)ncnc32)O1. The maximum absolute atomic E-state index is 9.96. The zero-order valence-corrected chi connectivity index (χ0v) is 9.72. The summed E-state index contributed by atoms with van der Waals surface area (Å²) in [6, 6.07) is 0. The van der Waals surface area contributed by atoms with Crippen molar-refractivity contribution in [2.24, 2.45) is 0 Å². The average molecular weight is 251 g/mol. The Kier molecular flexibility index (Phi) is 2.62. The van der Waals surface area contributed by atoms with Gasteiger partial charge in [0.25, 0.3) is 0 Å². The molecule has 2 aromatic heterocycles. The van der Waals surface area contributed by atoms with Gasteiger partial charge in [0.15, 0.2) is 24.0 Å². The van der Waals surface area contributed by atoms with Gasteiger partial charge in [-0.15, -0.1) is 0 Å². The fourth-order valence-electron chi connectivity index (χ4n) is 2.07. The monoisotopic (exact) mass is 251 g/mol. The first kappa shape index (κ1) is 11.3. The molecule has 0 radical (unpaired) electrons. The molecule has 3 heterocycles. The fraction of sp³-hybridized carbons (Fsp3) is 0.500. The van der Waals surface area contributed by atoms with Gasteiger partial charge in [-0.3, -0.25) is 4.57 Å². The number of hydrogen-bond donors (Lipinski definition) is 2. The van der Waals surface area contributed by atoms with E-state index < -0.39 is 18.6 Å². The van der Waals surface area contributed by atoms with Crippen molar-refractivity contribution < 1.29 is 14.6 Å². The molecule has 3 rings (SSSR count). The fourth-order valence-corrected chi connectivity index (χ4v) is 2.07. The lowest BCUT2D eigenvalue weighted by Gasteiger charge is -2.16. The number of fused-ring (bicyclic) bond motifs is 1. The minimum atomic E-state index is -0.677. The van der Waals surface area contributed by atoms with E-state index in [1.54, 1.807) is 4.57 Å². The van der Waals surface area contributed by atoms with Crippen molar-refractivity contribution in [2.75, 3.05) is 12.8 Å². The molecule has 0 amide bonds. The van der Waals surface area contributed by atoms with Crippen LogP contribution in [0.1, 0.15) is 12.6 Å². The molecule has 0 bridgehead atoms. The van der Waals surface area contributed by atoms with Crippen molar-refractivity contribution in [3.05, 3.63) is 12.7 Å². The number of rotatable bonds is 2. The Hall–Kier alpha value is -1.77. The van der Waals surface area contributed by atoms with Crippen molar-refractivity contribution >= 4 is 17.0 Å². The molecule has 96 valence electrons. The Morgan fingerprint density at radius 3 is 3.06 bits per heavy atom. The van der Waals surface area contributed by atoms with Gasteiger partial charge < -0.3 is 20.3 Å². The molecule has 0 saturated carbocycles. The van der Waals surface area contributed by atoms with Gasteiger partial charge in [0.1, 0.15) is 17.9 Å². The second-order valence-electron chi connectivity index (χ2n) is 4.08. The zero-order valence-electron chi connectivity index (χ0n) is 9.72. The molecule has 0 aliphatic carbocycles. The molecule has 1 aliphatic rings. The first-order valence-corrected chi connectivity index (χ1v) is 5.50. The van der Waals surface area contributed by atoms with Gasteiger partial charge in [-0.1, -0.05) is 0 Å². The molecule has 0 aromatic carbocycles. The summed E-state index contributed by atoms with van der Waals surface area (Å²) in [4.78, 5) is 12.1. The molecular weight excluding hydrogens is 238 g/mol. The van der Waals surface area contributed by atoms with Gasteiger partial charge in [-0.05, 0) is 0 Å². The van der Waals surface area contributed by atoms with Crippen LogP contribution in [0.5, 0.6) is 0 Å². The van der Waals surface area contributed by atoms with Crippen LogP contribution in [0.2, 0.25) is 0 Å². The largest absolute Gasteiger partial charge is 0.388 e. The molecule has 3 N–H and O–H groups in total. The summed E-state index contributed by atoms with van der Waals surface area (Å²) in [5.41, 5.74) is 6.73. The molecule has 1 unspecified atom stereocenters. The third-order valence-electron chi connectivity index (χ3n) is 2.98. The first-order valence-electron chi connectivity index (χ1n) is 5.50. The van der Waals surface area contributed by atoms with Crippen molar-refractivity contribution in [2.45, 2.75) is 25.0 Å². The number of nitrogen functional groups attached to an aromatic ring is 1. The number of ether oxygens (including phenoxy) is 2. The van der Waals surface area contributed by atoms with E-state index in [9.17, 15) is 5.11 Å². The number of hydrogen-bond acceptors (Lipinski definition) is 7. The van der Waals surface area contributed by atoms with E-state index >= 15 is 0 Å². The lowest BCUT2D eigenvalue weighted by Crippen LogP contribution is -2.19. The van der Waals surface area contributed by atoms with Crippen LogP contribution in [0.4, 0.5) is 5.82 Å². The number of nitrogens with two attached hydrogens (primary N) is 1. The van der Waals surface area contributed by atoms with Crippen LogP contribution in [-0.2, 0) is 9.47 Å². The van der Waals surface area contributed by atoms with Gasteiger partial charge in [0, 0.05) is 13.5 Å². The Bertz CT molecular complexity index is 572. The predicted molar refractivity (Wildman–Crippen MR) is 61.3 cm³/mol. The van der Waals surface area contributed by atoms with Gasteiger partial charge >= 0.3 is 0 Å². The zero-order chi connectivity index (χ0) is 12.7. The summed E-state index contributed by atoms with van der Waals surface area (Å²) in [6.45, 7) is 0. The third kappa shape index (κ3) is 1.62. The third-order valence-corrected chi connectivity index (χ3v) is 2.98. The van der Waals surface area contributed by atoms with E-state index in [0.717, 1.165) is 0 Å². The number of nitrogens with zero attached hydrogens (tertiary/aromatic N) is 4. The van der Waals surface area contributed by atoms with Gasteiger partial charge in [-0.2, -0.15) is 0 Å². The molecule has 1 saturated heterocycles. The van der Waals surface area contributed by atoms with Gasteiger partial charge in [0.05, 0.1) is 6.33 Å². The summed E-state index contributed by atoms with van der Waals surface area (Å²) in [5.74, 6) is 0.300. The van der Waals surface area contributed by atoms with Crippen LogP contribution in [-0.4, -0.2) is 44.1 Å². The minimum Gasteiger partial charge on any atom is -0.388 e. The summed E-state index contributed by atoms with van der Waals surface area (Å²) in [7, 11) is 1.53. The van der Waals surface area contributed by atoms with Crippen LogP contribution < -0.4 is 5.73 Å². The molecule has 3 atom stereocenters. The Morgan fingerprint density at radius 1 is 1.50 bits per heavy atom. The summed E-state index contributed by atoms with van der Waals surface area (Å²) in [6.07, 6.45) is 1.60. The first-order chi connectivity index (χ1) is 8.70. The maximum Gasteiger partial charge on any atom is 0.167 e. The summed E-state index contributed by atoms with van der Waals surface area (Å²) in [5, 5.41) is 9.96. The number of methoxy groups -OCH3 is 1. The highest BCUT2D eigenvalue weighted by Gasteiger charge is 2.36. The van der Waals surface area contributed by atoms with Crippen LogP contribution in [0.3, 0.4) is 0 Å². The molecular formula is C10H13N5O3. The number of aliphatic hydroxyl groups excluding tert-OH is 1. The summed E-state index contributed by atoms with van der Waals surface area (Å²) >= 11 is 0. The Morgan fingerprint density at radius 2 is 2.33 bits per heavy atom. The molecule has 0 spiro atoms. The predicted octanol–water partition coefficient (Wildman–Crippen LogP) is -0.339. The number of imidazole rings is 1.